The highest BCUT2D eigenvalue weighted by atomic mass is 16.2. The summed E-state index contributed by atoms with van der Waals surface area (Å²) in [6.07, 6.45) is 0. The van der Waals surface area contributed by atoms with Crippen LogP contribution in [0.15, 0.2) is 48.5 Å². The summed E-state index contributed by atoms with van der Waals surface area (Å²) in [5.41, 5.74) is 10.2. The van der Waals surface area contributed by atoms with Crippen LogP contribution in [0.1, 0.15) is 22.6 Å². The van der Waals surface area contributed by atoms with Crippen molar-refractivity contribution in [1.82, 2.24) is 10.2 Å². The number of likely N-dealkylation sites (tertiary alicyclic amines) is 1. The second kappa shape index (κ2) is 8.33. The van der Waals surface area contributed by atoms with Gasteiger partial charge in [-0.05, 0) is 36.6 Å². The zero-order valence-electron chi connectivity index (χ0n) is 15.7. The number of hydrogen-bond acceptors (Lipinski definition) is 4. The molecule has 3 rings (SSSR count). The van der Waals surface area contributed by atoms with Crippen LogP contribution >= 0.6 is 0 Å². The van der Waals surface area contributed by atoms with E-state index in [-0.39, 0.29) is 24.4 Å². The number of hydrogen-bond donors (Lipinski definition) is 3. The molecule has 0 aliphatic carbocycles. The van der Waals surface area contributed by atoms with Gasteiger partial charge >= 0.3 is 6.03 Å². The number of nitrogens with zero attached hydrogens (tertiary/aromatic N) is 1. The lowest BCUT2D eigenvalue weighted by molar-refractivity contribution is -0.120. The summed E-state index contributed by atoms with van der Waals surface area (Å²) < 4.78 is 0. The normalized spacial score (nSPS) is 19.7. The Balaban J connectivity index is 1.52. The molecule has 2 aromatic rings. The monoisotopic (exact) mass is 366 g/mol. The molecule has 2 atom stereocenters. The van der Waals surface area contributed by atoms with Gasteiger partial charge in [0.2, 0.25) is 5.91 Å². The van der Waals surface area contributed by atoms with Gasteiger partial charge in [-0.3, -0.25) is 15.0 Å². The minimum Gasteiger partial charge on any atom is -0.326 e. The molecule has 1 aliphatic rings. The van der Waals surface area contributed by atoms with E-state index in [1.54, 1.807) is 0 Å². The number of nitrogens with one attached hydrogen (secondary N) is 2. The number of benzene rings is 2. The average Bonchev–Trinajstić information content (AvgIpc) is 2.99. The molecule has 3 amide bonds. The Kier molecular flexibility index (Phi) is 5.88. The SMILES string of the molecule is Cc1cccc(NC(=O)NC(=O)CN2C[C@@H](N)[C@H](c3ccccc3)C2)c1C. The van der Waals surface area contributed by atoms with E-state index in [4.69, 9.17) is 5.73 Å². The van der Waals surface area contributed by atoms with Crippen molar-refractivity contribution in [2.45, 2.75) is 25.8 Å². The molecule has 0 saturated carbocycles. The minimum atomic E-state index is -0.517. The van der Waals surface area contributed by atoms with E-state index in [1.807, 2.05) is 55.1 Å². The van der Waals surface area contributed by atoms with Crippen molar-refractivity contribution in [3.05, 3.63) is 65.2 Å². The summed E-state index contributed by atoms with van der Waals surface area (Å²) >= 11 is 0. The molecule has 27 heavy (non-hydrogen) atoms. The predicted molar refractivity (Wildman–Crippen MR) is 107 cm³/mol. The van der Waals surface area contributed by atoms with Crippen molar-refractivity contribution in [2.24, 2.45) is 5.73 Å². The number of carbonyl (C=O) groups excluding carboxylic acids is 2. The number of urea groups is 1. The van der Waals surface area contributed by atoms with Crippen LogP contribution in [0.5, 0.6) is 0 Å². The fourth-order valence-corrected chi connectivity index (χ4v) is 3.50. The molecule has 0 aromatic heterocycles. The van der Waals surface area contributed by atoms with Gasteiger partial charge in [-0.2, -0.15) is 0 Å². The van der Waals surface area contributed by atoms with E-state index in [0.29, 0.717) is 18.8 Å². The van der Waals surface area contributed by atoms with Crippen molar-refractivity contribution in [2.75, 3.05) is 25.0 Å². The van der Waals surface area contributed by atoms with Crippen LogP contribution in [-0.4, -0.2) is 42.5 Å². The van der Waals surface area contributed by atoms with E-state index >= 15 is 0 Å². The fraction of sp³-hybridized carbons (Fsp3) is 0.333. The lowest BCUT2D eigenvalue weighted by atomic mass is 9.95. The predicted octanol–water partition coefficient (Wildman–Crippen LogP) is 2.38. The number of anilines is 1. The maximum atomic E-state index is 12.2. The smallest absolute Gasteiger partial charge is 0.325 e. The quantitative estimate of drug-likeness (QED) is 0.775. The van der Waals surface area contributed by atoms with Crippen molar-refractivity contribution in [3.63, 3.8) is 0 Å². The standard InChI is InChI=1S/C21H26N4O2/c1-14-7-6-10-19(15(14)2)23-21(27)24-20(26)13-25-11-17(18(22)12-25)16-8-4-3-5-9-16/h3-10,17-18H,11-13,22H2,1-2H3,(H2,23,24,26,27)/t17-,18+/m0/s1. The molecule has 1 fully saturated rings. The summed E-state index contributed by atoms with van der Waals surface area (Å²) in [5, 5.41) is 5.14. The van der Waals surface area contributed by atoms with E-state index in [1.165, 1.54) is 5.56 Å². The molecule has 1 saturated heterocycles. The van der Waals surface area contributed by atoms with Gasteiger partial charge in [-0.1, -0.05) is 42.5 Å². The summed E-state index contributed by atoms with van der Waals surface area (Å²) in [5.74, 6) is -0.138. The van der Waals surface area contributed by atoms with Crippen molar-refractivity contribution in [1.29, 1.82) is 0 Å². The molecule has 1 aliphatic heterocycles. The Morgan fingerprint density at radius 1 is 1.07 bits per heavy atom. The van der Waals surface area contributed by atoms with Crippen LogP contribution in [0.2, 0.25) is 0 Å². The topological polar surface area (TPSA) is 87.5 Å². The number of carbonyl (C=O) groups is 2. The molecule has 0 spiro atoms. The minimum absolute atomic E-state index is 0.0241. The summed E-state index contributed by atoms with van der Waals surface area (Å²) in [7, 11) is 0. The summed E-state index contributed by atoms with van der Waals surface area (Å²) in [6, 6.07) is 15.2. The zero-order valence-corrected chi connectivity index (χ0v) is 15.7. The molecule has 0 bridgehead atoms. The Hall–Kier alpha value is -2.70. The van der Waals surface area contributed by atoms with Gasteiger partial charge in [0.05, 0.1) is 6.54 Å². The van der Waals surface area contributed by atoms with Crippen LogP contribution in [0.3, 0.4) is 0 Å². The number of amides is 3. The molecule has 1 heterocycles. The number of imide groups is 1. The average molecular weight is 366 g/mol. The molecule has 0 radical (unpaired) electrons. The Morgan fingerprint density at radius 3 is 2.56 bits per heavy atom. The highest BCUT2D eigenvalue weighted by Crippen LogP contribution is 2.26. The number of nitrogens with two attached hydrogens (primary N) is 1. The Labute approximate surface area is 159 Å². The maximum absolute atomic E-state index is 12.2. The molecule has 2 aromatic carbocycles. The van der Waals surface area contributed by atoms with Gasteiger partial charge < -0.3 is 11.1 Å². The Morgan fingerprint density at radius 2 is 1.81 bits per heavy atom. The molecule has 6 nitrogen and oxygen atoms in total. The van der Waals surface area contributed by atoms with Crippen LogP contribution in [-0.2, 0) is 4.79 Å². The Bertz CT molecular complexity index is 822. The second-order valence-electron chi connectivity index (χ2n) is 7.12. The first-order valence-electron chi connectivity index (χ1n) is 9.14. The zero-order chi connectivity index (χ0) is 19.4. The lowest BCUT2D eigenvalue weighted by Crippen LogP contribution is -2.41. The molecule has 4 N–H and O–H groups in total. The van der Waals surface area contributed by atoms with Crippen LogP contribution in [0, 0.1) is 13.8 Å². The first-order chi connectivity index (χ1) is 12.9. The van der Waals surface area contributed by atoms with E-state index < -0.39 is 6.03 Å². The molecule has 142 valence electrons. The molecule has 6 heteroatoms. The summed E-state index contributed by atoms with van der Waals surface area (Å²) in [4.78, 5) is 26.4. The van der Waals surface area contributed by atoms with Gasteiger partial charge in [0.25, 0.3) is 0 Å². The van der Waals surface area contributed by atoms with Crippen LogP contribution in [0.4, 0.5) is 10.5 Å². The third-order valence-corrected chi connectivity index (χ3v) is 5.14. The first-order valence-corrected chi connectivity index (χ1v) is 9.14. The van der Waals surface area contributed by atoms with Crippen LogP contribution < -0.4 is 16.4 Å². The van der Waals surface area contributed by atoms with E-state index in [0.717, 1.165) is 11.1 Å². The van der Waals surface area contributed by atoms with Gasteiger partial charge in [0.15, 0.2) is 0 Å². The fourth-order valence-electron chi connectivity index (χ4n) is 3.50. The second-order valence-corrected chi connectivity index (χ2v) is 7.12. The molecule has 0 unspecified atom stereocenters. The van der Waals surface area contributed by atoms with E-state index in [2.05, 4.69) is 22.8 Å². The number of aryl methyl sites for hydroxylation is 1. The third-order valence-electron chi connectivity index (χ3n) is 5.14. The van der Waals surface area contributed by atoms with Crippen LogP contribution in [0.25, 0.3) is 0 Å². The molecular formula is C21H26N4O2. The maximum Gasteiger partial charge on any atom is 0.325 e. The van der Waals surface area contributed by atoms with Gasteiger partial charge in [0.1, 0.15) is 0 Å². The van der Waals surface area contributed by atoms with Gasteiger partial charge in [-0.15, -0.1) is 0 Å². The highest BCUT2D eigenvalue weighted by molar-refractivity contribution is 6.02. The van der Waals surface area contributed by atoms with Gasteiger partial charge in [-0.25, -0.2) is 4.79 Å². The van der Waals surface area contributed by atoms with Crippen molar-refractivity contribution in [3.8, 4) is 0 Å². The molecular weight excluding hydrogens is 340 g/mol. The highest BCUT2D eigenvalue weighted by Gasteiger charge is 2.32. The van der Waals surface area contributed by atoms with Gasteiger partial charge in [0, 0.05) is 30.7 Å². The van der Waals surface area contributed by atoms with Crippen molar-refractivity contribution >= 4 is 17.6 Å². The first kappa shape index (κ1) is 19.1. The lowest BCUT2D eigenvalue weighted by Gasteiger charge is -2.16. The van der Waals surface area contributed by atoms with E-state index in [9.17, 15) is 9.59 Å². The number of rotatable bonds is 4. The van der Waals surface area contributed by atoms with Crippen molar-refractivity contribution < 1.29 is 9.59 Å². The largest absolute Gasteiger partial charge is 0.326 e. The summed E-state index contributed by atoms with van der Waals surface area (Å²) in [6.45, 7) is 5.39. The third kappa shape index (κ3) is 4.72.